The lowest BCUT2D eigenvalue weighted by molar-refractivity contribution is -0.146. The van der Waals surface area contributed by atoms with Gasteiger partial charge in [0.15, 0.2) is 5.96 Å². The van der Waals surface area contributed by atoms with Crippen LogP contribution in [-0.4, -0.2) is 63.1 Å². The van der Waals surface area contributed by atoms with Crippen molar-refractivity contribution in [3.8, 4) is 5.75 Å². The van der Waals surface area contributed by atoms with Gasteiger partial charge in [0.2, 0.25) is 5.91 Å². The molecule has 28 heavy (non-hydrogen) atoms. The number of benzene rings is 1. The summed E-state index contributed by atoms with van der Waals surface area (Å²) in [6, 6.07) is 7.55. The highest BCUT2D eigenvalue weighted by atomic mass is 16.5. The first-order chi connectivity index (χ1) is 13.6. The SMILES string of the molecule is CCNC(=NCC(=O)NCc1ccc(OC)cc1)N1CCC(C(=O)OC)CC1. The van der Waals surface area contributed by atoms with Crippen LogP contribution >= 0.6 is 0 Å². The number of rotatable bonds is 7. The molecule has 1 saturated heterocycles. The second kappa shape index (κ2) is 11.2. The van der Waals surface area contributed by atoms with Crippen molar-refractivity contribution in [3.05, 3.63) is 29.8 Å². The third kappa shape index (κ3) is 6.44. The monoisotopic (exact) mass is 390 g/mol. The minimum absolute atomic E-state index is 0.0510. The zero-order valence-corrected chi connectivity index (χ0v) is 16.9. The highest BCUT2D eigenvalue weighted by Crippen LogP contribution is 2.18. The number of carbonyl (C=O) groups excluding carboxylic acids is 2. The van der Waals surface area contributed by atoms with Gasteiger partial charge in [-0.15, -0.1) is 0 Å². The van der Waals surface area contributed by atoms with Gasteiger partial charge < -0.3 is 25.0 Å². The maximum Gasteiger partial charge on any atom is 0.308 e. The number of guanidine groups is 1. The summed E-state index contributed by atoms with van der Waals surface area (Å²) in [7, 11) is 3.04. The van der Waals surface area contributed by atoms with Gasteiger partial charge in [0, 0.05) is 26.2 Å². The zero-order valence-electron chi connectivity index (χ0n) is 16.9. The van der Waals surface area contributed by atoms with Crippen LogP contribution in [0.25, 0.3) is 0 Å². The number of carbonyl (C=O) groups is 2. The highest BCUT2D eigenvalue weighted by Gasteiger charge is 2.27. The summed E-state index contributed by atoms with van der Waals surface area (Å²) in [5.74, 6) is 1.13. The smallest absolute Gasteiger partial charge is 0.308 e. The second-order valence-electron chi connectivity index (χ2n) is 6.58. The van der Waals surface area contributed by atoms with E-state index >= 15 is 0 Å². The number of likely N-dealkylation sites (tertiary alicyclic amines) is 1. The molecule has 0 unspecified atom stereocenters. The van der Waals surface area contributed by atoms with Gasteiger partial charge in [-0.1, -0.05) is 12.1 Å². The first-order valence-electron chi connectivity index (χ1n) is 9.58. The van der Waals surface area contributed by atoms with E-state index in [0.29, 0.717) is 32.1 Å². The van der Waals surface area contributed by atoms with Crippen molar-refractivity contribution in [2.75, 3.05) is 40.4 Å². The molecule has 0 bridgehead atoms. The molecule has 0 spiro atoms. The Hall–Kier alpha value is -2.77. The molecular weight excluding hydrogens is 360 g/mol. The van der Waals surface area contributed by atoms with Crippen molar-refractivity contribution in [2.24, 2.45) is 10.9 Å². The second-order valence-corrected chi connectivity index (χ2v) is 6.58. The summed E-state index contributed by atoms with van der Waals surface area (Å²) in [5, 5.41) is 6.09. The van der Waals surface area contributed by atoms with Gasteiger partial charge in [0.1, 0.15) is 12.3 Å². The van der Waals surface area contributed by atoms with Gasteiger partial charge in [-0.05, 0) is 37.5 Å². The van der Waals surface area contributed by atoms with E-state index in [-0.39, 0.29) is 24.3 Å². The van der Waals surface area contributed by atoms with E-state index in [1.165, 1.54) is 7.11 Å². The van der Waals surface area contributed by atoms with E-state index < -0.39 is 0 Å². The quantitative estimate of drug-likeness (QED) is 0.412. The number of ether oxygens (including phenoxy) is 2. The van der Waals surface area contributed by atoms with E-state index in [2.05, 4.69) is 20.5 Å². The van der Waals surface area contributed by atoms with Crippen LogP contribution in [0.3, 0.4) is 0 Å². The number of nitrogens with one attached hydrogen (secondary N) is 2. The molecule has 1 aromatic carbocycles. The Bertz CT molecular complexity index is 667. The Kier molecular flexibility index (Phi) is 8.58. The minimum atomic E-state index is -0.153. The molecule has 0 saturated carbocycles. The molecule has 0 radical (unpaired) electrons. The van der Waals surface area contributed by atoms with Crippen LogP contribution in [0.15, 0.2) is 29.3 Å². The van der Waals surface area contributed by atoms with Gasteiger partial charge in [-0.25, -0.2) is 4.99 Å². The number of amides is 1. The van der Waals surface area contributed by atoms with Gasteiger partial charge in [0.25, 0.3) is 0 Å². The van der Waals surface area contributed by atoms with Gasteiger partial charge in [-0.3, -0.25) is 9.59 Å². The Morgan fingerprint density at radius 2 is 1.82 bits per heavy atom. The Labute approximate surface area is 166 Å². The van der Waals surface area contributed by atoms with E-state index in [0.717, 1.165) is 24.2 Å². The summed E-state index contributed by atoms with van der Waals surface area (Å²) in [4.78, 5) is 30.4. The fraction of sp³-hybridized carbons (Fsp3) is 0.550. The van der Waals surface area contributed by atoms with Crippen LogP contribution in [0, 0.1) is 5.92 Å². The van der Waals surface area contributed by atoms with Crippen LogP contribution in [0.2, 0.25) is 0 Å². The molecule has 0 atom stereocenters. The molecule has 1 heterocycles. The minimum Gasteiger partial charge on any atom is -0.497 e. The molecule has 1 aliphatic heterocycles. The molecule has 1 fully saturated rings. The summed E-state index contributed by atoms with van der Waals surface area (Å²) >= 11 is 0. The molecule has 2 rings (SSSR count). The molecular formula is C20H30N4O4. The lowest BCUT2D eigenvalue weighted by Gasteiger charge is -2.33. The predicted molar refractivity (Wildman–Crippen MR) is 107 cm³/mol. The lowest BCUT2D eigenvalue weighted by Crippen LogP contribution is -2.47. The van der Waals surface area contributed by atoms with Crippen molar-refractivity contribution in [1.29, 1.82) is 0 Å². The standard InChI is InChI=1S/C20H30N4O4/c1-4-21-20(24-11-9-16(10-12-24)19(26)28-3)23-14-18(25)22-13-15-5-7-17(27-2)8-6-15/h5-8,16H,4,9-14H2,1-3H3,(H,21,23)(H,22,25). The number of methoxy groups -OCH3 is 2. The molecule has 1 aliphatic rings. The third-order valence-corrected chi connectivity index (χ3v) is 4.69. The van der Waals surface area contributed by atoms with E-state index in [1.54, 1.807) is 7.11 Å². The van der Waals surface area contributed by atoms with Crippen molar-refractivity contribution < 1.29 is 19.1 Å². The molecule has 1 amide bonds. The number of esters is 1. The summed E-state index contributed by atoms with van der Waals surface area (Å²) < 4.78 is 9.95. The predicted octanol–water partition coefficient (Wildman–Crippen LogP) is 1.16. The van der Waals surface area contributed by atoms with Gasteiger partial charge in [-0.2, -0.15) is 0 Å². The number of aliphatic imine (C=N–C) groups is 1. The number of nitrogens with zero attached hydrogens (tertiary/aromatic N) is 2. The van der Waals surface area contributed by atoms with Crippen LogP contribution in [0.5, 0.6) is 5.75 Å². The third-order valence-electron chi connectivity index (χ3n) is 4.69. The summed E-state index contributed by atoms with van der Waals surface area (Å²) in [6.07, 6.45) is 1.45. The fourth-order valence-corrected chi connectivity index (χ4v) is 3.07. The first kappa shape index (κ1) is 21.5. The number of hydrogen-bond donors (Lipinski definition) is 2. The largest absolute Gasteiger partial charge is 0.497 e. The van der Waals surface area contributed by atoms with Crippen LogP contribution in [0.4, 0.5) is 0 Å². The number of piperidine rings is 1. The van der Waals surface area contributed by atoms with Crippen LogP contribution in [0.1, 0.15) is 25.3 Å². The molecule has 154 valence electrons. The maximum absolute atomic E-state index is 12.2. The Balaban J connectivity index is 1.84. The topological polar surface area (TPSA) is 92.3 Å². The van der Waals surface area contributed by atoms with Gasteiger partial charge >= 0.3 is 5.97 Å². The maximum atomic E-state index is 12.2. The number of hydrogen-bond acceptors (Lipinski definition) is 5. The normalized spacial score (nSPS) is 15.1. The van der Waals surface area contributed by atoms with Gasteiger partial charge in [0.05, 0.1) is 20.1 Å². The molecule has 0 aliphatic carbocycles. The van der Waals surface area contributed by atoms with E-state index in [9.17, 15) is 9.59 Å². The average Bonchev–Trinajstić information content (AvgIpc) is 2.75. The first-order valence-corrected chi connectivity index (χ1v) is 9.58. The molecule has 8 nitrogen and oxygen atoms in total. The molecule has 1 aromatic rings. The summed E-state index contributed by atoms with van der Waals surface area (Å²) in [5.41, 5.74) is 0.995. The summed E-state index contributed by atoms with van der Waals surface area (Å²) in [6.45, 7) is 4.61. The molecule has 8 heteroatoms. The molecule has 2 N–H and O–H groups in total. The van der Waals surface area contributed by atoms with E-state index in [1.807, 2.05) is 31.2 Å². The zero-order chi connectivity index (χ0) is 20.4. The average molecular weight is 390 g/mol. The fourth-order valence-electron chi connectivity index (χ4n) is 3.07. The van der Waals surface area contributed by atoms with Crippen LogP contribution < -0.4 is 15.4 Å². The Morgan fingerprint density at radius 1 is 1.14 bits per heavy atom. The van der Waals surface area contributed by atoms with Crippen molar-refractivity contribution in [3.63, 3.8) is 0 Å². The Morgan fingerprint density at radius 3 is 2.39 bits per heavy atom. The van der Waals surface area contributed by atoms with Crippen molar-refractivity contribution >= 4 is 17.8 Å². The lowest BCUT2D eigenvalue weighted by atomic mass is 9.97. The van der Waals surface area contributed by atoms with Crippen molar-refractivity contribution in [2.45, 2.75) is 26.3 Å². The highest BCUT2D eigenvalue weighted by molar-refractivity contribution is 5.85. The van der Waals surface area contributed by atoms with Crippen molar-refractivity contribution in [1.82, 2.24) is 15.5 Å². The van der Waals surface area contributed by atoms with E-state index in [4.69, 9.17) is 9.47 Å². The molecule has 0 aromatic heterocycles. The van der Waals surface area contributed by atoms with Crippen LogP contribution in [-0.2, 0) is 20.9 Å².